The SMILES string of the molecule is CC(=O)c1c(C)[nH]c2c(-n3c(=O)cc(C(F)(F)F)n(C)c3=O)c(F)cc(F)c12. The van der Waals surface area contributed by atoms with Crippen molar-refractivity contribution in [2.24, 2.45) is 7.05 Å². The lowest BCUT2D eigenvalue weighted by Crippen LogP contribution is -2.41. The number of benzene rings is 1. The number of nitrogens with zero attached hydrogens (tertiary/aromatic N) is 2. The van der Waals surface area contributed by atoms with Gasteiger partial charge in [0.1, 0.15) is 17.2 Å². The molecule has 0 unspecified atom stereocenters. The van der Waals surface area contributed by atoms with Gasteiger partial charge in [0.25, 0.3) is 5.56 Å². The Bertz CT molecular complexity index is 1260. The number of hydrogen-bond donors (Lipinski definition) is 1. The van der Waals surface area contributed by atoms with Crippen molar-refractivity contribution in [3.8, 4) is 5.69 Å². The van der Waals surface area contributed by atoms with Crippen molar-refractivity contribution in [2.45, 2.75) is 20.0 Å². The third kappa shape index (κ3) is 2.74. The Balaban J connectivity index is 2.53. The van der Waals surface area contributed by atoms with Gasteiger partial charge in [0.2, 0.25) is 0 Å². The van der Waals surface area contributed by atoms with E-state index in [-0.39, 0.29) is 37.4 Å². The average molecular weight is 401 g/mol. The maximum atomic E-state index is 14.6. The van der Waals surface area contributed by atoms with Crippen molar-refractivity contribution >= 4 is 16.7 Å². The molecule has 0 atom stereocenters. The molecule has 0 fully saturated rings. The molecule has 0 amide bonds. The molecule has 0 aliphatic heterocycles. The summed E-state index contributed by atoms with van der Waals surface area (Å²) in [5.41, 5.74) is -5.60. The van der Waals surface area contributed by atoms with E-state index in [0.29, 0.717) is 6.07 Å². The van der Waals surface area contributed by atoms with Crippen molar-refractivity contribution in [1.82, 2.24) is 14.1 Å². The number of carbonyl (C=O) groups is 1. The topological polar surface area (TPSA) is 76.9 Å². The molecule has 1 aromatic carbocycles. The Hall–Kier alpha value is -3.24. The van der Waals surface area contributed by atoms with Gasteiger partial charge in [-0.25, -0.2) is 18.1 Å². The molecular formula is C17H12F5N3O3. The van der Waals surface area contributed by atoms with Gasteiger partial charge >= 0.3 is 11.9 Å². The number of aromatic nitrogens is 3. The van der Waals surface area contributed by atoms with Gasteiger partial charge in [-0.3, -0.25) is 14.2 Å². The van der Waals surface area contributed by atoms with Gasteiger partial charge in [-0.15, -0.1) is 0 Å². The summed E-state index contributed by atoms with van der Waals surface area (Å²) < 4.78 is 68.2. The van der Waals surface area contributed by atoms with Crippen LogP contribution in [0.4, 0.5) is 22.0 Å². The van der Waals surface area contributed by atoms with E-state index in [4.69, 9.17) is 0 Å². The number of Topliss-reactive ketones (excluding diaryl/α,β-unsaturated/α-hetero) is 1. The number of rotatable bonds is 2. The van der Waals surface area contributed by atoms with Gasteiger partial charge in [-0.1, -0.05) is 0 Å². The van der Waals surface area contributed by atoms with Gasteiger partial charge in [-0.2, -0.15) is 13.2 Å². The highest BCUT2D eigenvalue weighted by Gasteiger charge is 2.35. The van der Waals surface area contributed by atoms with Crippen molar-refractivity contribution in [2.75, 3.05) is 0 Å². The van der Waals surface area contributed by atoms with Crippen molar-refractivity contribution < 1.29 is 26.7 Å². The minimum absolute atomic E-state index is 0.120. The van der Waals surface area contributed by atoms with E-state index < -0.39 is 46.2 Å². The normalized spacial score (nSPS) is 12.0. The van der Waals surface area contributed by atoms with Gasteiger partial charge < -0.3 is 4.98 Å². The summed E-state index contributed by atoms with van der Waals surface area (Å²) in [6, 6.07) is 0.499. The predicted molar refractivity (Wildman–Crippen MR) is 88.8 cm³/mol. The molecule has 0 radical (unpaired) electrons. The van der Waals surface area contributed by atoms with Crippen LogP contribution in [0.5, 0.6) is 0 Å². The molecule has 11 heteroatoms. The molecule has 1 N–H and O–H groups in total. The fourth-order valence-electron chi connectivity index (χ4n) is 3.17. The number of nitrogens with one attached hydrogen (secondary N) is 1. The second-order valence-electron chi connectivity index (χ2n) is 6.16. The number of alkyl halides is 3. The van der Waals surface area contributed by atoms with Crippen LogP contribution in [-0.2, 0) is 13.2 Å². The molecule has 0 spiro atoms. The van der Waals surface area contributed by atoms with E-state index in [0.717, 1.165) is 14.0 Å². The second kappa shape index (κ2) is 6.14. The standard InChI is InChI=1S/C17H12F5N3O3/c1-6-12(7(2)26)13-8(18)4-9(19)15(14(13)23-6)25-11(27)5-10(17(20,21)22)24(3)16(25)28/h4-5,23H,1-3H3. The smallest absolute Gasteiger partial charge is 0.356 e. The van der Waals surface area contributed by atoms with Crippen LogP contribution in [0.15, 0.2) is 21.7 Å². The van der Waals surface area contributed by atoms with Crippen LogP contribution >= 0.6 is 0 Å². The molecule has 0 saturated carbocycles. The number of hydrogen-bond acceptors (Lipinski definition) is 3. The van der Waals surface area contributed by atoms with E-state index in [2.05, 4.69) is 4.98 Å². The quantitative estimate of drug-likeness (QED) is 0.530. The predicted octanol–water partition coefficient (Wildman–Crippen LogP) is 2.83. The molecule has 0 aliphatic carbocycles. The molecule has 2 heterocycles. The Morgan fingerprint density at radius 2 is 1.71 bits per heavy atom. The lowest BCUT2D eigenvalue weighted by molar-refractivity contribution is -0.144. The first-order valence-electron chi connectivity index (χ1n) is 7.78. The molecule has 3 aromatic rings. The third-order valence-electron chi connectivity index (χ3n) is 4.33. The maximum Gasteiger partial charge on any atom is 0.431 e. The molecule has 2 aromatic heterocycles. The number of carbonyl (C=O) groups excluding carboxylic acids is 1. The average Bonchev–Trinajstić information content (AvgIpc) is 2.90. The first-order chi connectivity index (χ1) is 12.9. The van der Waals surface area contributed by atoms with Gasteiger partial charge in [0.15, 0.2) is 11.6 Å². The fourth-order valence-corrected chi connectivity index (χ4v) is 3.17. The highest BCUT2D eigenvalue weighted by atomic mass is 19.4. The van der Waals surface area contributed by atoms with E-state index in [1.807, 2.05) is 0 Å². The third-order valence-corrected chi connectivity index (χ3v) is 4.33. The first-order valence-corrected chi connectivity index (χ1v) is 7.78. The zero-order valence-electron chi connectivity index (χ0n) is 14.7. The summed E-state index contributed by atoms with van der Waals surface area (Å²) in [6.45, 7) is 2.53. The van der Waals surface area contributed by atoms with Crippen LogP contribution in [0, 0.1) is 18.6 Å². The monoisotopic (exact) mass is 401 g/mol. The summed E-state index contributed by atoms with van der Waals surface area (Å²) in [5, 5.41) is -0.366. The molecule has 0 aliphatic rings. The zero-order valence-corrected chi connectivity index (χ0v) is 14.7. The Kier molecular flexibility index (Phi) is 4.28. The molecular weight excluding hydrogens is 389 g/mol. The summed E-state index contributed by atoms with van der Waals surface area (Å²) in [4.78, 5) is 39.1. The molecule has 148 valence electrons. The number of ketones is 1. The lowest BCUT2D eigenvalue weighted by Gasteiger charge is -2.15. The number of aromatic amines is 1. The Labute approximate surface area is 152 Å². The van der Waals surface area contributed by atoms with E-state index in [1.54, 1.807) is 0 Å². The number of H-pyrrole nitrogens is 1. The number of fused-ring (bicyclic) bond motifs is 1. The lowest BCUT2D eigenvalue weighted by atomic mass is 10.1. The Morgan fingerprint density at radius 1 is 1.11 bits per heavy atom. The zero-order chi connectivity index (χ0) is 21.1. The largest absolute Gasteiger partial charge is 0.431 e. The van der Waals surface area contributed by atoms with Crippen LogP contribution < -0.4 is 11.2 Å². The minimum Gasteiger partial charge on any atom is -0.356 e. The van der Waals surface area contributed by atoms with Crippen LogP contribution in [0.2, 0.25) is 0 Å². The maximum absolute atomic E-state index is 14.6. The molecule has 28 heavy (non-hydrogen) atoms. The van der Waals surface area contributed by atoms with E-state index >= 15 is 0 Å². The van der Waals surface area contributed by atoms with E-state index in [9.17, 15) is 36.3 Å². The van der Waals surface area contributed by atoms with Gasteiger partial charge in [0, 0.05) is 35.8 Å². The molecule has 6 nitrogen and oxygen atoms in total. The summed E-state index contributed by atoms with van der Waals surface area (Å²) in [5.74, 6) is -3.05. The number of halogens is 5. The van der Waals surface area contributed by atoms with Crippen LogP contribution in [0.1, 0.15) is 28.7 Å². The van der Waals surface area contributed by atoms with Crippen LogP contribution in [0.25, 0.3) is 16.6 Å². The van der Waals surface area contributed by atoms with Crippen molar-refractivity contribution in [3.05, 3.63) is 61.6 Å². The van der Waals surface area contributed by atoms with Crippen LogP contribution in [-0.4, -0.2) is 19.9 Å². The Morgan fingerprint density at radius 3 is 2.25 bits per heavy atom. The molecule has 0 saturated heterocycles. The highest BCUT2D eigenvalue weighted by molar-refractivity contribution is 6.10. The van der Waals surface area contributed by atoms with Crippen LogP contribution in [0.3, 0.4) is 0 Å². The first kappa shape index (κ1) is 19.5. The van der Waals surface area contributed by atoms with Crippen molar-refractivity contribution in [3.63, 3.8) is 0 Å². The van der Waals surface area contributed by atoms with Gasteiger partial charge in [0.05, 0.1) is 5.52 Å². The summed E-state index contributed by atoms with van der Waals surface area (Å²) in [7, 11) is 0.765. The second-order valence-corrected chi connectivity index (χ2v) is 6.16. The molecule has 0 bridgehead atoms. The molecule has 3 rings (SSSR count). The van der Waals surface area contributed by atoms with Crippen molar-refractivity contribution in [1.29, 1.82) is 0 Å². The van der Waals surface area contributed by atoms with Gasteiger partial charge in [-0.05, 0) is 13.8 Å². The summed E-state index contributed by atoms with van der Waals surface area (Å²) in [6.07, 6.45) is -4.99. The number of aryl methyl sites for hydroxylation is 1. The highest BCUT2D eigenvalue weighted by Crippen LogP contribution is 2.32. The minimum atomic E-state index is -4.99. The van der Waals surface area contributed by atoms with E-state index in [1.165, 1.54) is 6.92 Å². The summed E-state index contributed by atoms with van der Waals surface area (Å²) >= 11 is 0. The fraction of sp³-hybridized carbons (Fsp3) is 0.235.